The zero-order chi connectivity index (χ0) is 31.1. The highest BCUT2D eigenvalue weighted by molar-refractivity contribution is 8.25. The van der Waals surface area contributed by atoms with E-state index in [1.807, 2.05) is 72.8 Å². The molecule has 0 aromatic heterocycles. The van der Waals surface area contributed by atoms with Gasteiger partial charge in [-0.15, -0.1) is 0 Å². The van der Waals surface area contributed by atoms with Crippen LogP contribution in [-0.4, -0.2) is 34.9 Å². The summed E-state index contributed by atoms with van der Waals surface area (Å²) in [5.41, 5.74) is 4.36. The zero-order valence-electron chi connectivity index (χ0n) is 25.3. The van der Waals surface area contributed by atoms with E-state index < -0.39 is 0 Å². The van der Waals surface area contributed by atoms with Crippen LogP contribution in [0.2, 0.25) is 0 Å². The van der Waals surface area contributed by atoms with E-state index in [4.69, 9.17) is 9.47 Å². The molecule has 2 aliphatic heterocycles. The van der Waals surface area contributed by atoms with E-state index in [2.05, 4.69) is 27.0 Å². The Bertz CT molecular complexity index is 1550. The number of carbonyl (C=O) groups excluding carboxylic acids is 2. The summed E-state index contributed by atoms with van der Waals surface area (Å²) in [7, 11) is 0. The van der Waals surface area contributed by atoms with E-state index in [-0.39, 0.29) is 17.4 Å². The van der Waals surface area contributed by atoms with Gasteiger partial charge in [0.2, 0.25) is 0 Å². The van der Waals surface area contributed by atoms with Gasteiger partial charge in [0.1, 0.15) is 30.3 Å². The van der Waals surface area contributed by atoms with Crippen LogP contribution >= 0.6 is 23.5 Å². The third-order valence-corrected chi connectivity index (χ3v) is 10.1. The lowest BCUT2D eigenvalue weighted by atomic mass is 10.1. The third kappa shape index (κ3) is 6.92. The maximum absolute atomic E-state index is 13.7. The Balaban J connectivity index is 1.46. The number of benzene rings is 3. The second-order valence-corrected chi connectivity index (χ2v) is 12.9. The van der Waals surface area contributed by atoms with Crippen molar-refractivity contribution in [3.8, 4) is 11.5 Å². The van der Waals surface area contributed by atoms with Gasteiger partial charge in [0.05, 0.1) is 14.0 Å². The number of carbonyl (C=O) groups is 2. The predicted octanol–water partition coefficient (Wildman–Crippen LogP) is 8.73. The van der Waals surface area contributed by atoms with Crippen LogP contribution < -0.4 is 9.47 Å². The Morgan fingerprint density at radius 1 is 0.705 bits per heavy atom. The lowest BCUT2D eigenvalue weighted by Crippen LogP contribution is -2.42. The molecule has 2 amide bonds. The van der Waals surface area contributed by atoms with Crippen LogP contribution in [0.1, 0.15) is 61.8 Å². The van der Waals surface area contributed by atoms with Crippen molar-refractivity contribution in [2.45, 2.75) is 62.5 Å². The van der Waals surface area contributed by atoms with Crippen LogP contribution in [0.5, 0.6) is 11.5 Å². The van der Waals surface area contributed by atoms with Gasteiger partial charge < -0.3 is 9.47 Å². The number of unbranched alkanes of at least 4 members (excludes halogenated alkanes) is 2. The van der Waals surface area contributed by atoms with Crippen molar-refractivity contribution >= 4 is 47.5 Å². The number of nitrogens with zero attached hydrogens (tertiary/aromatic N) is 2. The van der Waals surface area contributed by atoms with Crippen LogP contribution in [-0.2, 0) is 22.8 Å². The van der Waals surface area contributed by atoms with Crippen LogP contribution in [0.3, 0.4) is 0 Å². The topological polar surface area (TPSA) is 59.1 Å². The summed E-state index contributed by atoms with van der Waals surface area (Å²) in [4.78, 5) is 29.2. The smallest absolute Gasteiger partial charge is 0.279 e. The third-order valence-electron chi connectivity index (χ3n) is 7.46. The monoisotopic (exact) mass is 626 g/mol. The summed E-state index contributed by atoms with van der Waals surface area (Å²) < 4.78 is 13.3. The summed E-state index contributed by atoms with van der Waals surface area (Å²) in [6, 6.07) is 19.9. The molecular weight excluding hydrogens is 589 g/mol. The van der Waals surface area contributed by atoms with Crippen molar-refractivity contribution in [3.63, 3.8) is 0 Å². The van der Waals surface area contributed by atoms with Gasteiger partial charge in [-0.1, -0.05) is 118 Å². The fourth-order valence-corrected chi connectivity index (χ4v) is 7.62. The first-order chi connectivity index (χ1) is 21.5. The molecule has 1 fully saturated rings. The molecule has 0 radical (unpaired) electrons. The molecule has 0 aliphatic carbocycles. The Morgan fingerprint density at radius 3 is 1.77 bits per heavy atom. The number of hydrazine groups is 1. The van der Waals surface area contributed by atoms with Crippen molar-refractivity contribution in [3.05, 3.63) is 106 Å². The molecule has 44 heavy (non-hydrogen) atoms. The highest BCUT2D eigenvalue weighted by Gasteiger charge is 2.44. The van der Waals surface area contributed by atoms with Gasteiger partial charge in [0.15, 0.2) is 0 Å². The quantitative estimate of drug-likeness (QED) is 0.132. The van der Waals surface area contributed by atoms with E-state index in [1.165, 1.54) is 23.5 Å². The number of rotatable bonds is 14. The fraction of sp³-hybridized carbons (Fsp3) is 0.278. The van der Waals surface area contributed by atoms with E-state index in [0.717, 1.165) is 57.7 Å². The molecule has 0 spiro atoms. The average molecular weight is 627 g/mol. The summed E-state index contributed by atoms with van der Waals surface area (Å²) in [6.45, 7) is 13.7. The highest BCUT2D eigenvalue weighted by atomic mass is 32.2. The molecule has 0 bridgehead atoms. The molecule has 3 aromatic carbocycles. The summed E-state index contributed by atoms with van der Waals surface area (Å²) in [5, 5.41) is 3.28. The van der Waals surface area contributed by atoms with Gasteiger partial charge in [-0.05, 0) is 53.3 Å². The largest absolute Gasteiger partial charge is 0.488 e. The molecule has 228 valence electrons. The zero-order valence-corrected chi connectivity index (χ0v) is 27.0. The minimum atomic E-state index is -0.226. The minimum absolute atomic E-state index is 0.226. The molecule has 2 heterocycles. The standard InChI is InChI=1S/C36H38N2O4S2/c1-5-9-20-37-34(39)31(35(40)38(37)21-10-6-2)36-43-32-29(41-23-27-16-14-25(7-3)15-17-27)18-19-30(33(32)44-36)42-24-28-13-11-12-26(8-4)22-28/h7-8,11-19,22H,3-6,9-10,20-21,23-24H2,1-2H3. The van der Waals surface area contributed by atoms with Crippen molar-refractivity contribution < 1.29 is 19.1 Å². The maximum atomic E-state index is 13.7. The number of hydrogen-bond donors (Lipinski definition) is 0. The van der Waals surface area contributed by atoms with Crippen molar-refractivity contribution in [1.82, 2.24) is 10.0 Å². The van der Waals surface area contributed by atoms with E-state index in [9.17, 15) is 9.59 Å². The number of ether oxygens (including phenoxy) is 2. The first-order valence-corrected chi connectivity index (χ1v) is 16.7. The summed E-state index contributed by atoms with van der Waals surface area (Å²) in [6.07, 6.45) is 7.17. The number of fused-ring (bicyclic) bond motifs is 1. The second-order valence-electron chi connectivity index (χ2n) is 10.6. The van der Waals surface area contributed by atoms with Gasteiger partial charge in [-0.25, -0.2) is 10.0 Å². The van der Waals surface area contributed by atoms with Crippen molar-refractivity contribution in [1.29, 1.82) is 0 Å². The van der Waals surface area contributed by atoms with Gasteiger partial charge in [-0.3, -0.25) is 9.59 Å². The van der Waals surface area contributed by atoms with Gasteiger partial charge in [-0.2, -0.15) is 0 Å². The number of hydrogen-bond acceptors (Lipinski definition) is 6. The number of thioether (sulfide) groups is 2. The van der Waals surface area contributed by atoms with Crippen molar-refractivity contribution in [2.75, 3.05) is 13.1 Å². The Kier molecular flexibility index (Phi) is 10.6. The number of amides is 2. The highest BCUT2D eigenvalue weighted by Crippen LogP contribution is 2.59. The SMILES string of the molecule is C=Cc1ccc(COc2ccc(OCc3cccc(C=C)c3)c3c2SC(=C2C(=O)N(CCCC)N(CCCC)C2=O)S3)cc1. The molecular formula is C36H38N2O4S2. The molecule has 2 aliphatic rings. The van der Waals surface area contributed by atoms with E-state index in [0.29, 0.717) is 42.0 Å². The summed E-state index contributed by atoms with van der Waals surface area (Å²) in [5.74, 6) is 0.917. The van der Waals surface area contributed by atoms with E-state index in [1.54, 1.807) is 10.0 Å². The lowest BCUT2D eigenvalue weighted by molar-refractivity contribution is -0.147. The maximum Gasteiger partial charge on any atom is 0.279 e. The minimum Gasteiger partial charge on any atom is -0.488 e. The molecule has 0 N–H and O–H groups in total. The second kappa shape index (κ2) is 14.7. The Labute approximate surface area is 268 Å². The molecule has 6 nitrogen and oxygen atoms in total. The lowest BCUT2D eigenvalue weighted by Gasteiger charge is -2.27. The van der Waals surface area contributed by atoms with Crippen LogP contribution in [0.15, 0.2) is 93.4 Å². The molecule has 3 aromatic rings. The molecule has 0 saturated carbocycles. The van der Waals surface area contributed by atoms with Gasteiger partial charge in [0, 0.05) is 13.1 Å². The predicted molar refractivity (Wildman–Crippen MR) is 180 cm³/mol. The molecule has 8 heteroatoms. The Morgan fingerprint density at radius 2 is 1.25 bits per heavy atom. The van der Waals surface area contributed by atoms with Crippen LogP contribution in [0.25, 0.3) is 12.2 Å². The molecule has 1 saturated heterocycles. The first-order valence-electron chi connectivity index (χ1n) is 15.1. The molecule has 0 unspecified atom stereocenters. The molecule has 5 rings (SSSR count). The van der Waals surface area contributed by atoms with Crippen LogP contribution in [0, 0.1) is 0 Å². The Hall–Kier alpha value is -3.88. The normalized spacial score (nSPS) is 14.3. The van der Waals surface area contributed by atoms with Crippen molar-refractivity contribution in [2.24, 2.45) is 0 Å². The average Bonchev–Trinajstić information content (AvgIpc) is 3.59. The first kappa shape index (κ1) is 31.5. The fourth-order valence-electron chi connectivity index (χ4n) is 4.94. The van der Waals surface area contributed by atoms with Gasteiger partial charge in [0.25, 0.3) is 11.8 Å². The van der Waals surface area contributed by atoms with E-state index >= 15 is 0 Å². The summed E-state index contributed by atoms with van der Waals surface area (Å²) >= 11 is 2.84. The van der Waals surface area contributed by atoms with Crippen LogP contribution in [0.4, 0.5) is 0 Å². The molecule has 0 atom stereocenters. The van der Waals surface area contributed by atoms with Gasteiger partial charge >= 0.3 is 0 Å².